The molecule has 0 bridgehead atoms. The largest absolute Gasteiger partial charge is 0.369 e. The van der Waals surface area contributed by atoms with Gasteiger partial charge in [-0.25, -0.2) is 14.6 Å². The van der Waals surface area contributed by atoms with Crippen molar-refractivity contribution in [2.45, 2.75) is 27.2 Å². The minimum atomic E-state index is 0.718. The van der Waals surface area contributed by atoms with Gasteiger partial charge in [0, 0.05) is 11.6 Å². The van der Waals surface area contributed by atoms with Gasteiger partial charge in [0.1, 0.15) is 12.1 Å². The molecule has 0 aliphatic heterocycles. The summed E-state index contributed by atoms with van der Waals surface area (Å²) in [6.07, 6.45) is 4.44. The van der Waals surface area contributed by atoms with Gasteiger partial charge in [0.05, 0.1) is 17.3 Å². The number of nitrogens with zero attached hydrogens (tertiary/aromatic N) is 5. The highest BCUT2D eigenvalue weighted by atomic mass is 35.5. The zero-order valence-electron chi connectivity index (χ0n) is 15.5. The van der Waals surface area contributed by atoms with E-state index < -0.39 is 0 Å². The van der Waals surface area contributed by atoms with Crippen LogP contribution < -0.4 is 5.32 Å². The number of nitrogens with one attached hydrogen (secondary N) is 1. The molecule has 0 saturated carbocycles. The number of anilines is 1. The molecule has 0 radical (unpaired) electrons. The number of aryl methyl sites for hydroxylation is 1. The van der Waals surface area contributed by atoms with E-state index in [1.54, 1.807) is 17.2 Å². The Balaban J connectivity index is 1.77. The van der Waals surface area contributed by atoms with E-state index in [1.165, 1.54) is 0 Å². The van der Waals surface area contributed by atoms with E-state index in [1.807, 2.05) is 25.1 Å². The van der Waals surface area contributed by atoms with Crippen molar-refractivity contribution in [3.05, 3.63) is 41.3 Å². The van der Waals surface area contributed by atoms with Crippen molar-refractivity contribution in [2.75, 3.05) is 31.5 Å². The Kier molecular flexibility index (Phi) is 6.06. The summed E-state index contributed by atoms with van der Waals surface area (Å²) in [5.41, 5.74) is 2.70. The number of aromatic nitrogens is 4. The molecule has 0 amide bonds. The van der Waals surface area contributed by atoms with Crippen LogP contribution in [0.1, 0.15) is 25.8 Å². The van der Waals surface area contributed by atoms with Gasteiger partial charge < -0.3 is 10.2 Å². The minimum Gasteiger partial charge on any atom is -0.369 e. The Morgan fingerprint density at radius 2 is 2.00 bits per heavy atom. The molecule has 0 fully saturated rings. The molecule has 0 aliphatic carbocycles. The lowest BCUT2D eigenvalue weighted by Crippen LogP contribution is -2.25. The molecule has 3 aromatic rings. The van der Waals surface area contributed by atoms with Gasteiger partial charge in [-0.1, -0.05) is 31.5 Å². The first-order valence-electron chi connectivity index (χ1n) is 9.05. The molecule has 3 rings (SSSR count). The fourth-order valence-corrected chi connectivity index (χ4v) is 3.11. The smallest absolute Gasteiger partial charge is 0.168 e. The van der Waals surface area contributed by atoms with E-state index >= 15 is 0 Å². The summed E-state index contributed by atoms with van der Waals surface area (Å²) in [6.45, 7) is 10.5. The lowest BCUT2D eigenvalue weighted by atomic mass is 10.2. The predicted octanol–water partition coefficient (Wildman–Crippen LogP) is 3.92. The topological polar surface area (TPSA) is 58.9 Å². The average molecular weight is 373 g/mol. The zero-order chi connectivity index (χ0) is 18.5. The molecule has 2 aromatic heterocycles. The zero-order valence-corrected chi connectivity index (χ0v) is 16.3. The summed E-state index contributed by atoms with van der Waals surface area (Å²) >= 11 is 6.26. The Hall–Kier alpha value is -2.18. The van der Waals surface area contributed by atoms with Gasteiger partial charge in [-0.15, -0.1) is 0 Å². The van der Waals surface area contributed by atoms with Crippen molar-refractivity contribution in [3.8, 4) is 5.69 Å². The van der Waals surface area contributed by atoms with Crippen LogP contribution in [0.25, 0.3) is 16.7 Å². The highest BCUT2D eigenvalue weighted by Crippen LogP contribution is 2.24. The van der Waals surface area contributed by atoms with Gasteiger partial charge in [-0.3, -0.25) is 0 Å². The van der Waals surface area contributed by atoms with Crippen LogP contribution in [-0.4, -0.2) is 50.8 Å². The summed E-state index contributed by atoms with van der Waals surface area (Å²) in [5, 5.41) is 9.53. The van der Waals surface area contributed by atoms with Gasteiger partial charge in [0.2, 0.25) is 0 Å². The summed E-state index contributed by atoms with van der Waals surface area (Å²) in [7, 11) is 0. The second kappa shape index (κ2) is 8.47. The molecule has 7 heteroatoms. The van der Waals surface area contributed by atoms with Crippen LogP contribution in [0, 0.1) is 6.92 Å². The number of hydrogen-bond donors (Lipinski definition) is 1. The fraction of sp³-hybridized carbons (Fsp3) is 0.421. The molecule has 0 saturated heterocycles. The fourth-order valence-electron chi connectivity index (χ4n) is 2.94. The van der Waals surface area contributed by atoms with Crippen LogP contribution in [-0.2, 0) is 0 Å². The molecule has 0 aliphatic rings. The van der Waals surface area contributed by atoms with Crippen molar-refractivity contribution in [2.24, 2.45) is 0 Å². The monoisotopic (exact) mass is 372 g/mol. The summed E-state index contributed by atoms with van der Waals surface area (Å²) in [4.78, 5) is 11.2. The number of benzene rings is 1. The maximum absolute atomic E-state index is 6.26. The average Bonchev–Trinajstić information content (AvgIpc) is 3.09. The van der Waals surface area contributed by atoms with Gasteiger partial charge in [0.25, 0.3) is 0 Å². The quantitative estimate of drug-likeness (QED) is 0.607. The van der Waals surface area contributed by atoms with Gasteiger partial charge in [0.15, 0.2) is 5.65 Å². The molecule has 0 atom stereocenters. The van der Waals surface area contributed by atoms with Gasteiger partial charge in [-0.2, -0.15) is 5.10 Å². The Morgan fingerprint density at radius 1 is 1.19 bits per heavy atom. The van der Waals surface area contributed by atoms with Crippen molar-refractivity contribution < 1.29 is 0 Å². The molecular weight excluding hydrogens is 348 g/mol. The van der Waals surface area contributed by atoms with Gasteiger partial charge in [-0.05, 0) is 50.7 Å². The number of halogens is 1. The lowest BCUT2D eigenvalue weighted by molar-refractivity contribution is 0.303. The minimum absolute atomic E-state index is 0.718. The van der Waals surface area contributed by atoms with Crippen LogP contribution in [0.5, 0.6) is 0 Å². The molecule has 2 heterocycles. The Morgan fingerprint density at radius 3 is 2.73 bits per heavy atom. The molecule has 138 valence electrons. The van der Waals surface area contributed by atoms with E-state index in [0.717, 1.165) is 65.7 Å². The van der Waals surface area contributed by atoms with Gasteiger partial charge >= 0.3 is 0 Å². The van der Waals surface area contributed by atoms with E-state index in [9.17, 15) is 0 Å². The van der Waals surface area contributed by atoms with Crippen LogP contribution in [0.15, 0.2) is 30.7 Å². The van der Waals surface area contributed by atoms with E-state index in [0.29, 0.717) is 0 Å². The van der Waals surface area contributed by atoms with Crippen LogP contribution in [0.3, 0.4) is 0 Å². The molecule has 26 heavy (non-hydrogen) atoms. The van der Waals surface area contributed by atoms with E-state index in [4.69, 9.17) is 11.6 Å². The number of fused-ring (bicyclic) bond motifs is 1. The third-order valence-corrected chi connectivity index (χ3v) is 5.01. The lowest BCUT2D eigenvalue weighted by Gasteiger charge is -2.17. The molecule has 6 nitrogen and oxygen atoms in total. The number of hydrogen-bond acceptors (Lipinski definition) is 5. The molecule has 0 unspecified atom stereocenters. The van der Waals surface area contributed by atoms with Crippen LogP contribution >= 0.6 is 11.6 Å². The second-order valence-corrected chi connectivity index (χ2v) is 6.66. The first kappa shape index (κ1) is 18.6. The molecule has 1 aromatic carbocycles. The van der Waals surface area contributed by atoms with E-state index in [-0.39, 0.29) is 0 Å². The van der Waals surface area contributed by atoms with Crippen molar-refractivity contribution >= 4 is 28.5 Å². The van der Waals surface area contributed by atoms with Crippen LogP contribution in [0.2, 0.25) is 5.02 Å². The number of rotatable bonds is 8. The normalized spacial score (nSPS) is 11.4. The molecular formula is C19H25ClN6. The van der Waals surface area contributed by atoms with Crippen LogP contribution in [0.4, 0.5) is 5.82 Å². The Labute approximate surface area is 159 Å². The molecule has 0 spiro atoms. The van der Waals surface area contributed by atoms with E-state index in [2.05, 4.69) is 39.1 Å². The maximum atomic E-state index is 6.26. The summed E-state index contributed by atoms with van der Waals surface area (Å²) in [6, 6.07) is 5.88. The SMILES string of the molecule is CCN(CC)CCCNc1ncnc2c1cnn2-c1ccc(C)c(Cl)c1. The van der Waals surface area contributed by atoms with Crippen molar-refractivity contribution in [1.82, 2.24) is 24.6 Å². The predicted molar refractivity (Wildman–Crippen MR) is 107 cm³/mol. The third kappa shape index (κ3) is 3.97. The van der Waals surface area contributed by atoms with Crippen molar-refractivity contribution in [1.29, 1.82) is 0 Å². The summed E-state index contributed by atoms with van der Waals surface area (Å²) in [5.74, 6) is 0.819. The van der Waals surface area contributed by atoms with Crippen molar-refractivity contribution in [3.63, 3.8) is 0 Å². The second-order valence-electron chi connectivity index (χ2n) is 6.26. The highest BCUT2D eigenvalue weighted by Gasteiger charge is 2.11. The molecule has 1 N–H and O–H groups in total. The summed E-state index contributed by atoms with van der Waals surface area (Å²) < 4.78 is 1.80. The first-order valence-corrected chi connectivity index (χ1v) is 9.43. The third-order valence-electron chi connectivity index (χ3n) is 4.60. The first-order chi connectivity index (χ1) is 12.6. The standard InChI is InChI=1S/C19H25ClN6/c1-4-25(5-2)10-6-9-21-18-16-12-24-26(19(16)23-13-22-18)15-8-7-14(3)17(20)11-15/h7-8,11-13H,4-6,9-10H2,1-3H3,(H,21,22,23). The maximum Gasteiger partial charge on any atom is 0.168 e. The Bertz CT molecular complexity index is 872. The highest BCUT2D eigenvalue weighted by molar-refractivity contribution is 6.31.